The summed E-state index contributed by atoms with van der Waals surface area (Å²) in [6, 6.07) is 3.86. The van der Waals surface area contributed by atoms with Crippen molar-refractivity contribution in [2.75, 3.05) is 14.2 Å². The number of rotatable bonds is 5. The summed E-state index contributed by atoms with van der Waals surface area (Å²) in [6.07, 6.45) is 1.07. The maximum Gasteiger partial charge on any atom is 0.138 e. The lowest BCUT2D eigenvalue weighted by atomic mass is 9.92. The van der Waals surface area contributed by atoms with Crippen LogP contribution in [0.5, 0.6) is 5.75 Å². The maximum atomic E-state index is 6.28. The van der Waals surface area contributed by atoms with E-state index in [0.29, 0.717) is 21.7 Å². The van der Waals surface area contributed by atoms with E-state index in [1.165, 1.54) is 0 Å². The van der Waals surface area contributed by atoms with Gasteiger partial charge in [0.05, 0.1) is 12.1 Å². The molecule has 0 aromatic heterocycles. The Morgan fingerprint density at radius 3 is 2.41 bits per heavy atom. The number of ether oxygens (including phenoxy) is 1. The monoisotopic (exact) mass is 275 g/mol. The highest BCUT2D eigenvalue weighted by atomic mass is 35.5. The molecule has 0 radical (unpaired) electrons. The van der Waals surface area contributed by atoms with Gasteiger partial charge in [-0.15, -0.1) is 0 Å². The quantitative estimate of drug-likeness (QED) is 0.865. The lowest BCUT2D eigenvalue weighted by Crippen LogP contribution is -2.23. The van der Waals surface area contributed by atoms with E-state index in [4.69, 9.17) is 27.9 Å². The number of methoxy groups -OCH3 is 1. The van der Waals surface area contributed by atoms with Crippen LogP contribution in [0.25, 0.3) is 0 Å². The van der Waals surface area contributed by atoms with Gasteiger partial charge in [0, 0.05) is 17.1 Å². The number of hydrogen-bond acceptors (Lipinski definition) is 2. The third-order valence-corrected chi connectivity index (χ3v) is 3.75. The van der Waals surface area contributed by atoms with Gasteiger partial charge in [-0.2, -0.15) is 0 Å². The van der Waals surface area contributed by atoms with E-state index < -0.39 is 0 Å². The van der Waals surface area contributed by atoms with Gasteiger partial charge in [-0.25, -0.2) is 0 Å². The molecule has 0 spiro atoms. The molecule has 0 aliphatic heterocycles. The van der Waals surface area contributed by atoms with Gasteiger partial charge in [0.15, 0.2) is 0 Å². The Morgan fingerprint density at radius 1 is 1.29 bits per heavy atom. The average Bonchev–Trinajstić information content (AvgIpc) is 2.33. The van der Waals surface area contributed by atoms with Crippen LogP contribution < -0.4 is 10.1 Å². The standard InChI is InChI=1S/C13H19Cl2NO/c1-5-8(2)13(16-3)9-6-11(15)12(17-4)7-10(9)14/h6-8,13,16H,5H2,1-4H3. The second kappa shape index (κ2) is 6.48. The van der Waals surface area contributed by atoms with Gasteiger partial charge in [0.25, 0.3) is 0 Å². The molecule has 2 nitrogen and oxygen atoms in total. The zero-order valence-corrected chi connectivity index (χ0v) is 12.2. The Balaban J connectivity index is 3.16. The van der Waals surface area contributed by atoms with E-state index in [1.807, 2.05) is 13.1 Å². The molecule has 2 unspecified atom stereocenters. The van der Waals surface area contributed by atoms with E-state index in [0.717, 1.165) is 12.0 Å². The molecule has 1 N–H and O–H groups in total. The highest BCUT2D eigenvalue weighted by Crippen LogP contribution is 2.36. The molecule has 1 rings (SSSR count). The van der Waals surface area contributed by atoms with Crippen molar-refractivity contribution < 1.29 is 4.74 Å². The summed E-state index contributed by atoms with van der Waals surface area (Å²) in [6.45, 7) is 4.35. The van der Waals surface area contributed by atoms with Crippen LogP contribution in [0, 0.1) is 5.92 Å². The minimum Gasteiger partial charge on any atom is -0.495 e. The Labute approximate surface area is 113 Å². The Kier molecular flexibility index (Phi) is 5.57. The van der Waals surface area contributed by atoms with Crippen molar-refractivity contribution in [1.82, 2.24) is 5.32 Å². The van der Waals surface area contributed by atoms with Gasteiger partial charge in [0.2, 0.25) is 0 Å². The van der Waals surface area contributed by atoms with Crippen LogP contribution in [0.1, 0.15) is 31.9 Å². The van der Waals surface area contributed by atoms with E-state index in [9.17, 15) is 0 Å². The largest absolute Gasteiger partial charge is 0.495 e. The fourth-order valence-electron chi connectivity index (χ4n) is 1.92. The third kappa shape index (κ3) is 3.27. The molecular weight excluding hydrogens is 257 g/mol. The summed E-state index contributed by atoms with van der Waals surface area (Å²) in [5, 5.41) is 4.57. The van der Waals surface area contributed by atoms with Crippen molar-refractivity contribution in [3.63, 3.8) is 0 Å². The number of benzene rings is 1. The predicted octanol–water partition coefficient (Wildman–Crippen LogP) is 4.31. The highest BCUT2D eigenvalue weighted by Gasteiger charge is 2.20. The smallest absolute Gasteiger partial charge is 0.138 e. The second-order valence-electron chi connectivity index (χ2n) is 4.16. The number of halogens is 2. The summed E-state index contributed by atoms with van der Waals surface area (Å²) in [4.78, 5) is 0. The first-order chi connectivity index (χ1) is 8.04. The van der Waals surface area contributed by atoms with E-state index in [2.05, 4.69) is 19.2 Å². The third-order valence-electron chi connectivity index (χ3n) is 3.13. The van der Waals surface area contributed by atoms with Gasteiger partial charge < -0.3 is 10.1 Å². The molecule has 17 heavy (non-hydrogen) atoms. The van der Waals surface area contributed by atoms with Crippen molar-refractivity contribution in [2.45, 2.75) is 26.3 Å². The van der Waals surface area contributed by atoms with Gasteiger partial charge in [-0.3, -0.25) is 0 Å². The van der Waals surface area contributed by atoms with Crippen LogP contribution in [0.4, 0.5) is 0 Å². The van der Waals surface area contributed by atoms with Crippen LogP contribution in [0.15, 0.2) is 12.1 Å². The van der Waals surface area contributed by atoms with Crippen molar-refractivity contribution in [3.8, 4) is 5.75 Å². The molecule has 0 aliphatic rings. The van der Waals surface area contributed by atoms with Crippen LogP contribution >= 0.6 is 23.2 Å². The van der Waals surface area contributed by atoms with Gasteiger partial charge in [-0.05, 0) is 24.6 Å². The minimum atomic E-state index is 0.205. The van der Waals surface area contributed by atoms with Crippen LogP contribution in [0.2, 0.25) is 10.0 Å². The minimum absolute atomic E-state index is 0.205. The fraction of sp³-hybridized carbons (Fsp3) is 0.538. The molecule has 96 valence electrons. The highest BCUT2D eigenvalue weighted by molar-refractivity contribution is 6.34. The normalized spacial score (nSPS) is 14.5. The molecule has 2 atom stereocenters. The molecule has 0 heterocycles. The van der Waals surface area contributed by atoms with Gasteiger partial charge in [-0.1, -0.05) is 43.5 Å². The average molecular weight is 276 g/mol. The summed E-state index contributed by atoms with van der Waals surface area (Å²) in [5.74, 6) is 1.10. The summed E-state index contributed by atoms with van der Waals surface area (Å²) in [7, 11) is 3.52. The molecule has 0 aliphatic carbocycles. The zero-order valence-electron chi connectivity index (χ0n) is 10.7. The second-order valence-corrected chi connectivity index (χ2v) is 4.97. The van der Waals surface area contributed by atoms with Crippen LogP contribution in [-0.4, -0.2) is 14.2 Å². The molecule has 0 saturated carbocycles. The number of hydrogen-bond donors (Lipinski definition) is 1. The number of nitrogens with one attached hydrogen (secondary N) is 1. The SMILES string of the molecule is CCC(C)C(NC)c1cc(Cl)c(OC)cc1Cl. The van der Waals surface area contributed by atoms with Crippen molar-refractivity contribution in [2.24, 2.45) is 5.92 Å². The van der Waals surface area contributed by atoms with Crippen LogP contribution in [-0.2, 0) is 0 Å². The Morgan fingerprint density at radius 2 is 1.94 bits per heavy atom. The fourth-order valence-corrected chi connectivity index (χ4v) is 2.44. The van der Waals surface area contributed by atoms with E-state index in [1.54, 1.807) is 13.2 Å². The van der Waals surface area contributed by atoms with Gasteiger partial charge >= 0.3 is 0 Å². The maximum absolute atomic E-state index is 6.28. The van der Waals surface area contributed by atoms with Crippen molar-refractivity contribution in [3.05, 3.63) is 27.7 Å². The van der Waals surface area contributed by atoms with Crippen molar-refractivity contribution in [1.29, 1.82) is 0 Å². The van der Waals surface area contributed by atoms with Crippen molar-refractivity contribution >= 4 is 23.2 Å². The molecule has 4 heteroatoms. The lowest BCUT2D eigenvalue weighted by Gasteiger charge is -2.24. The van der Waals surface area contributed by atoms with E-state index in [-0.39, 0.29) is 6.04 Å². The summed E-state index contributed by atoms with van der Waals surface area (Å²) >= 11 is 12.4. The summed E-state index contributed by atoms with van der Waals surface area (Å²) < 4.78 is 5.14. The molecular formula is C13H19Cl2NO. The van der Waals surface area contributed by atoms with E-state index >= 15 is 0 Å². The first-order valence-corrected chi connectivity index (χ1v) is 6.50. The first kappa shape index (κ1) is 14.6. The molecule has 0 bridgehead atoms. The first-order valence-electron chi connectivity index (χ1n) is 5.75. The van der Waals surface area contributed by atoms with Crippen LogP contribution in [0.3, 0.4) is 0 Å². The topological polar surface area (TPSA) is 21.3 Å². The molecule has 1 aromatic rings. The Hall–Kier alpha value is -0.440. The van der Waals surface area contributed by atoms with Gasteiger partial charge in [0.1, 0.15) is 5.75 Å². The zero-order chi connectivity index (χ0) is 13.0. The molecule has 1 aromatic carbocycles. The molecule has 0 saturated heterocycles. The lowest BCUT2D eigenvalue weighted by molar-refractivity contribution is 0.397. The predicted molar refractivity (Wildman–Crippen MR) is 74.3 cm³/mol. The molecule has 0 fully saturated rings. The molecule has 0 amide bonds. The summed E-state index contributed by atoms with van der Waals surface area (Å²) in [5.41, 5.74) is 1.02. The Bertz CT molecular complexity index is 382.